The fraction of sp³-hybridized carbons (Fsp3) is 0.462. The zero-order valence-corrected chi connectivity index (χ0v) is 10.6. The first-order valence-electron chi connectivity index (χ1n) is 5.88. The highest BCUT2D eigenvalue weighted by molar-refractivity contribution is 5.77. The summed E-state index contributed by atoms with van der Waals surface area (Å²) < 4.78 is 15.7. The molecule has 1 atom stereocenters. The van der Waals surface area contributed by atoms with E-state index in [9.17, 15) is 4.79 Å². The summed E-state index contributed by atoms with van der Waals surface area (Å²) in [5, 5.41) is 2.84. The fourth-order valence-corrected chi connectivity index (χ4v) is 1.83. The molecule has 0 spiro atoms. The molecule has 5 heteroatoms. The SMILES string of the molecule is COCC(=O)N[C@H](C)c1ccc2c(c1)OCCO2. The molecule has 1 amide bonds. The number of hydrogen-bond acceptors (Lipinski definition) is 4. The van der Waals surface area contributed by atoms with E-state index in [1.165, 1.54) is 7.11 Å². The second-order valence-corrected chi connectivity index (χ2v) is 4.13. The van der Waals surface area contributed by atoms with E-state index in [-0.39, 0.29) is 18.6 Å². The van der Waals surface area contributed by atoms with Gasteiger partial charge in [-0.1, -0.05) is 6.07 Å². The molecule has 0 fully saturated rings. The third kappa shape index (κ3) is 2.92. The van der Waals surface area contributed by atoms with Crippen LogP contribution < -0.4 is 14.8 Å². The van der Waals surface area contributed by atoms with Crippen molar-refractivity contribution in [3.8, 4) is 11.5 Å². The number of fused-ring (bicyclic) bond motifs is 1. The lowest BCUT2D eigenvalue weighted by molar-refractivity contribution is -0.125. The van der Waals surface area contributed by atoms with Crippen molar-refractivity contribution in [1.29, 1.82) is 0 Å². The van der Waals surface area contributed by atoms with E-state index in [0.29, 0.717) is 13.2 Å². The Hall–Kier alpha value is -1.75. The van der Waals surface area contributed by atoms with Crippen LogP contribution in [0.5, 0.6) is 11.5 Å². The van der Waals surface area contributed by atoms with Crippen molar-refractivity contribution >= 4 is 5.91 Å². The maximum absolute atomic E-state index is 11.4. The summed E-state index contributed by atoms with van der Waals surface area (Å²) in [5.41, 5.74) is 0.976. The average molecular weight is 251 g/mol. The first-order valence-corrected chi connectivity index (χ1v) is 5.88. The molecule has 1 aromatic rings. The molecular formula is C13H17NO4. The molecule has 0 aliphatic carbocycles. The molecule has 1 heterocycles. The van der Waals surface area contributed by atoms with Gasteiger partial charge in [0.1, 0.15) is 19.8 Å². The minimum absolute atomic E-state index is 0.0644. The molecule has 98 valence electrons. The van der Waals surface area contributed by atoms with E-state index in [2.05, 4.69) is 5.32 Å². The Bertz CT molecular complexity index is 433. The fourth-order valence-electron chi connectivity index (χ4n) is 1.83. The van der Waals surface area contributed by atoms with Crippen molar-refractivity contribution in [1.82, 2.24) is 5.32 Å². The predicted octanol–water partition coefficient (Wildman–Crippen LogP) is 1.28. The van der Waals surface area contributed by atoms with Gasteiger partial charge >= 0.3 is 0 Å². The molecular weight excluding hydrogens is 234 g/mol. The Morgan fingerprint density at radius 2 is 2.11 bits per heavy atom. The van der Waals surface area contributed by atoms with Gasteiger partial charge < -0.3 is 19.5 Å². The number of rotatable bonds is 4. The predicted molar refractivity (Wildman–Crippen MR) is 65.9 cm³/mol. The Balaban J connectivity index is 2.06. The maximum Gasteiger partial charge on any atom is 0.246 e. The lowest BCUT2D eigenvalue weighted by Crippen LogP contribution is -2.29. The lowest BCUT2D eigenvalue weighted by atomic mass is 10.1. The highest BCUT2D eigenvalue weighted by Crippen LogP contribution is 2.32. The molecule has 1 aromatic carbocycles. The van der Waals surface area contributed by atoms with Crippen molar-refractivity contribution in [3.63, 3.8) is 0 Å². The largest absolute Gasteiger partial charge is 0.486 e. The van der Waals surface area contributed by atoms with Crippen LogP contribution in [-0.4, -0.2) is 32.8 Å². The quantitative estimate of drug-likeness (QED) is 0.875. The van der Waals surface area contributed by atoms with Crippen LogP contribution in [0.2, 0.25) is 0 Å². The summed E-state index contributed by atoms with van der Waals surface area (Å²) in [4.78, 5) is 11.4. The molecule has 0 saturated carbocycles. The monoisotopic (exact) mass is 251 g/mol. The highest BCUT2D eigenvalue weighted by atomic mass is 16.6. The zero-order chi connectivity index (χ0) is 13.0. The van der Waals surface area contributed by atoms with E-state index >= 15 is 0 Å². The molecule has 18 heavy (non-hydrogen) atoms. The first-order chi connectivity index (χ1) is 8.70. The number of ether oxygens (including phenoxy) is 3. The number of amides is 1. The van der Waals surface area contributed by atoms with Gasteiger partial charge in [-0.05, 0) is 24.6 Å². The molecule has 0 aromatic heterocycles. The van der Waals surface area contributed by atoms with Crippen LogP contribution in [0.4, 0.5) is 0 Å². The van der Waals surface area contributed by atoms with Crippen LogP contribution in [0.15, 0.2) is 18.2 Å². The van der Waals surface area contributed by atoms with Gasteiger partial charge in [-0.15, -0.1) is 0 Å². The molecule has 0 saturated heterocycles. The second-order valence-electron chi connectivity index (χ2n) is 4.13. The van der Waals surface area contributed by atoms with E-state index in [4.69, 9.17) is 14.2 Å². The third-order valence-corrected chi connectivity index (χ3v) is 2.72. The smallest absolute Gasteiger partial charge is 0.246 e. The van der Waals surface area contributed by atoms with Gasteiger partial charge in [-0.3, -0.25) is 4.79 Å². The summed E-state index contributed by atoms with van der Waals surface area (Å²) in [6.07, 6.45) is 0. The standard InChI is InChI=1S/C13H17NO4/c1-9(14-13(15)8-16-2)10-3-4-11-12(7-10)18-6-5-17-11/h3-4,7,9H,5-6,8H2,1-2H3,(H,14,15)/t9-/m1/s1. The minimum Gasteiger partial charge on any atom is -0.486 e. The van der Waals surface area contributed by atoms with E-state index < -0.39 is 0 Å². The molecule has 1 aliphatic heterocycles. The number of hydrogen-bond donors (Lipinski definition) is 1. The molecule has 1 aliphatic rings. The number of carbonyl (C=O) groups excluding carboxylic acids is 1. The minimum atomic E-state index is -0.139. The van der Waals surface area contributed by atoms with Crippen molar-refractivity contribution in [2.45, 2.75) is 13.0 Å². The lowest BCUT2D eigenvalue weighted by Gasteiger charge is -2.21. The van der Waals surface area contributed by atoms with Crippen LogP contribution >= 0.6 is 0 Å². The van der Waals surface area contributed by atoms with Gasteiger partial charge in [0.15, 0.2) is 11.5 Å². The normalized spacial score (nSPS) is 15.0. The van der Waals surface area contributed by atoms with Crippen LogP contribution in [0, 0.1) is 0 Å². The second kappa shape index (κ2) is 5.73. The maximum atomic E-state index is 11.4. The van der Waals surface area contributed by atoms with Gasteiger partial charge in [-0.2, -0.15) is 0 Å². The number of benzene rings is 1. The number of nitrogens with one attached hydrogen (secondary N) is 1. The molecule has 0 unspecified atom stereocenters. The van der Waals surface area contributed by atoms with Crippen LogP contribution in [-0.2, 0) is 9.53 Å². The summed E-state index contributed by atoms with van der Waals surface area (Å²) in [6.45, 7) is 3.11. The number of carbonyl (C=O) groups is 1. The molecule has 1 N–H and O–H groups in total. The van der Waals surface area contributed by atoms with Crippen LogP contribution in [0.3, 0.4) is 0 Å². The Kier molecular flexibility index (Phi) is 4.04. The van der Waals surface area contributed by atoms with Gasteiger partial charge in [0.05, 0.1) is 6.04 Å². The first kappa shape index (κ1) is 12.7. The van der Waals surface area contributed by atoms with Crippen molar-refractivity contribution in [3.05, 3.63) is 23.8 Å². The van der Waals surface area contributed by atoms with E-state index in [1.54, 1.807) is 0 Å². The topological polar surface area (TPSA) is 56.8 Å². The molecule has 0 radical (unpaired) electrons. The van der Waals surface area contributed by atoms with Gasteiger partial charge in [-0.25, -0.2) is 0 Å². The van der Waals surface area contributed by atoms with Crippen molar-refractivity contribution in [2.75, 3.05) is 26.9 Å². The van der Waals surface area contributed by atoms with Crippen LogP contribution in [0.1, 0.15) is 18.5 Å². The Morgan fingerprint density at radius 3 is 2.83 bits per heavy atom. The Morgan fingerprint density at radius 1 is 1.39 bits per heavy atom. The van der Waals surface area contributed by atoms with E-state index in [1.807, 2.05) is 25.1 Å². The molecule has 2 rings (SSSR count). The van der Waals surface area contributed by atoms with E-state index in [0.717, 1.165) is 17.1 Å². The summed E-state index contributed by atoms with van der Waals surface area (Å²) in [7, 11) is 1.49. The van der Waals surface area contributed by atoms with Gasteiger partial charge in [0.25, 0.3) is 0 Å². The summed E-state index contributed by atoms with van der Waals surface area (Å²) in [5.74, 6) is 1.34. The zero-order valence-electron chi connectivity index (χ0n) is 10.6. The third-order valence-electron chi connectivity index (χ3n) is 2.72. The van der Waals surface area contributed by atoms with Crippen molar-refractivity contribution in [2.24, 2.45) is 0 Å². The van der Waals surface area contributed by atoms with Gasteiger partial charge in [0, 0.05) is 7.11 Å². The number of methoxy groups -OCH3 is 1. The van der Waals surface area contributed by atoms with Gasteiger partial charge in [0.2, 0.25) is 5.91 Å². The Labute approximate surface area is 106 Å². The average Bonchev–Trinajstić information content (AvgIpc) is 2.38. The molecule has 5 nitrogen and oxygen atoms in total. The molecule has 0 bridgehead atoms. The highest BCUT2D eigenvalue weighted by Gasteiger charge is 2.15. The van der Waals surface area contributed by atoms with Crippen molar-refractivity contribution < 1.29 is 19.0 Å². The summed E-state index contributed by atoms with van der Waals surface area (Å²) >= 11 is 0. The van der Waals surface area contributed by atoms with Crippen LogP contribution in [0.25, 0.3) is 0 Å². The summed E-state index contributed by atoms with van der Waals surface area (Å²) in [6, 6.07) is 5.59.